The first kappa shape index (κ1) is 16.2. The van der Waals surface area contributed by atoms with Crippen LogP contribution in [0.15, 0.2) is 29.4 Å². The highest BCUT2D eigenvalue weighted by Gasteiger charge is 2.32. The van der Waals surface area contributed by atoms with E-state index in [1.165, 1.54) is 0 Å². The van der Waals surface area contributed by atoms with E-state index in [-0.39, 0.29) is 23.7 Å². The molecule has 0 N–H and O–H groups in total. The summed E-state index contributed by atoms with van der Waals surface area (Å²) in [5, 5.41) is 0.182. The minimum Gasteiger partial charge on any atom is -0.341 e. The van der Waals surface area contributed by atoms with E-state index < -0.39 is 5.76 Å². The normalized spacial score (nSPS) is 16.0. The second-order valence-corrected chi connectivity index (χ2v) is 6.89. The Balaban J connectivity index is 1.86. The van der Waals surface area contributed by atoms with Crippen LogP contribution in [0.25, 0.3) is 11.0 Å². The molecule has 1 aromatic carbocycles. The quantitative estimate of drug-likeness (QED) is 0.755. The third-order valence-electron chi connectivity index (χ3n) is 4.42. The maximum atomic E-state index is 12.8. The number of imidazole rings is 1. The number of hydrogen-bond donors (Lipinski definition) is 0. The monoisotopic (exact) mass is 339 g/mol. The summed E-state index contributed by atoms with van der Waals surface area (Å²) in [4.78, 5) is 18.5. The number of carbonyl (C=O) groups is 1. The van der Waals surface area contributed by atoms with Gasteiger partial charge < -0.3 is 9.47 Å². The highest BCUT2D eigenvalue weighted by Crippen LogP contribution is 2.35. The number of nitrogens with zero attached hydrogens (tertiary/aromatic N) is 3. The van der Waals surface area contributed by atoms with Gasteiger partial charge in [0.25, 0.3) is 5.76 Å². The Morgan fingerprint density at radius 3 is 2.78 bits per heavy atom. The smallest absolute Gasteiger partial charge is 0.291 e. The lowest BCUT2D eigenvalue weighted by Crippen LogP contribution is -2.38. The van der Waals surface area contributed by atoms with E-state index in [4.69, 9.17) is 0 Å². The molecule has 1 aliphatic rings. The number of alkyl halides is 2. The lowest BCUT2D eigenvalue weighted by molar-refractivity contribution is -0.132. The van der Waals surface area contributed by atoms with Crippen LogP contribution in [0.2, 0.25) is 0 Å². The second kappa shape index (κ2) is 6.47. The summed E-state index contributed by atoms with van der Waals surface area (Å²) in [6, 6.07) is 7.37. The maximum Gasteiger partial charge on any atom is 0.291 e. The molecular formula is C16H19F2N3OS. The fourth-order valence-corrected chi connectivity index (χ4v) is 3.35. The van der Waals surface area contributed by atoms with Crippen LogP contribution in [0.1, 0.15) is 19.8 Å². The fraction of sp³-hybridized carbons (Fsp3) is 0.500. The summed E-state index contributed by atoms with van der Waals surface area (Å²) >= 11 is 0.379. The first-order valence-electron chi connectivity index (χ1n) is 7.63. The number of thioether (sulfide) groups is 1. The van der Waals surface area contributed by atoms with Crippen molar-refractivity contribution in [1.29, 1.82) is 0 Å². The highest BCUT2D eigenvalue weighted by atomic mass is 32.2. The highest BCUT2D eigenvalue weighted by molar-refractivity contribution is 7.99. The van der Waals surface area contributed by atoms with E-state index in [9.17, 15) is 13.6 Å². The molecule has 0 saturated heterocycles. The van der Waals surface area contributed by atoms with Gasteiger partial charge in [-0.2, -0.15) is 8.78 Å². The topological polar surface area (TPSA) is 38.1 Å². The van der Waals surface area contributed by atoms with Crippen molar-refractivity contribution >= 4 is 28.7 Å². The Labute approximate surface area is 137 Å². The van der Waals surface area contributed by atoms with Crippen LogP contribution < -0.4 is 0 Å². The average Bonchev–Trinajstić information content (AvgIpc) is 3.31. The third kappa shape index (κ3) is 3.49. The van der Waals surface area contributed by atoms with Crippen molar-refractivity contribution in [1.82, 2.24) is 14.5 Å². The number of likely N-dealkylation sites (N-methyl/N-ethyl adjacent to an activating group) is 1. The summed E-state index contributed by atoms with van der Waals surface area (Å²) < 4.78 is 27.2. The number of rotatable bonds is 6. The van der Waals surface area contributed by atoms with Crippen LogP contribution in [-0.2, 0) is 11.3 Å². The fourth-order valence-electron chi connectivity index (χ4n) is 2.74. The molecule has 0 spiro atoms. The van der Waals surface area contributed by atoms with Crippen molar-refractivity contribution < 1.29 is 13.6 Å². The van der Waals surface area contributed by atoms with Crippen molar-refractivity contribution in [2.45, 2.75) is 43.3 Å². The summed E-state index contributed by atoms with van der Waals surface area (Å²) in [6.45, 7) is 2.07. The number of fused-ring (bicyclic) bond motifs is 1. The Morgan fingerprint density at radius 2 is 2.13 bits per heavy atom. The van der Waals surface area contributed by atoms with E-state index in [0.717, 1.165) is 12.8 Å². The number of amides is 1. The van der Waals surface area contributed by atoms with Gasteiger partial charge in [-0.05, 0) is 49.6 Å². The molecule has 1 heterocycles. The van der Waals surface area contributed by atoms with Crippen LogP contribution in [0.5, 0.6) is 0 Å². The first-order valence-corrected chi connectivity index (χ1v) is 8.51. The zero-order valence-corrected chi connectivity index (χ0v) is 13.9. The summed E-state index contributed by atoms with van der Waals surface area (Å²) in [5.41, 5.74) is 1.33. The van der Waals surface area contributed by atoms with Gasteiger partial charge in [-0.3, -0.25) is 4.79 Å². The summed E-state index contributed by atoms with van der Waals surface area (Å²) in [5.74, 6) is -2.08. The molecule has 1 amide bonds. The number of hydrogen-bond acceptors (Lipinski definition) is 3. The zero-order chi connectivity index (χ0) is 16.6. The maximum absolute atomic E-state index is 12.8. The van der Waals surface area contributed by atoms with E-state index in [2.05, 4.69) is 4.98 Å². The van der Waals surface area contributed by atoms with Gasteiger partial charge in [-0.25, -0.2) is 4.98 Å². The molecule has 1 saturated carbocycles. The molecule has 1 atom stereocenters. The Hall–Kier alpha value is -1.63. The van der Waals surface area contributed by atoms with Crippen molar-refractivity contribution in [3.63, 3.8) is 0 Å². The Morgan fingerprint density at radius 1 is 1.43 bits per heavy atom. The molecule has 2 aromatic rings. The standard InChI is InChI=1S/C16H19F2N3OS/c1-10(11-7-8-11)20(2)14(22)9-21-13-6-4-3-5-12(13)19-16(21)23-15(17)18/h3-6,10-11,15H,7-9H2,1-2H3. The number of carbonyl (C=O) groups excluding carboxylic acids is 1. The molecule has 1 fully saturated rings. The van der Waals surface area contributed by atoms with Gasteiger partial charge >= 0.3 is 0 Å². The lowest BCUT2D eigenvalue weighted by Gasteiger charge is -2.25. The number of para-hydroxylation sites is 2. The average molecular weight is 339 g/mol. The molecule has 1 aliphatic carbocycles. The third-order valence-corrected chi connectivity index (χ3v) is 5.12. The molecule has 0 aliphatic heterocycles. The SMILES string of the molecule is CC(C1CC1)N(C)C(=O)Cn1c(SC(F)F)nc2ccccc21. The molecule has 124 valence electrons. The van der Waals surface area contributed by atoms with Crippen LogP contribution in [0.4, 0.5) is 8.78 Å². The molecule has 0 bridgehead atoms. The first-order chi connectivity index (χ1) is 11.0. The molecule has 1 aromatic heterocycles. The second-order valence-electron chi connectivity index (χ2n) is 5.93. The van der Waals surface area contributed by atoms with E-state index >= 15 is 0 Å². The van der Waals surface area contributed by atoms with Gasteiger partial charge in [-0.15, -0.1) is 0 Å². The molecule has 3 rings (SSSR count). The molecule has 0 radical (unpaired) electrons. The minimum atomic E-state index is -2.57. The number of halogens is 2. The van der Waals surface area contributed by atoms with Crippen LogP contribution in [0, 0.1) is 5.92 Å². The zero-order valence-electron chi connectivity index (χ0n) is 13.1. The van der Waals surface area contributed by atoms with Crippen molar-refractivity contribution in [2.24, 2.45) is 5.92 Å². The van der Waals surface area contributed by atoms with Crippen molar-refractivity contribution in [3.8, 4) is 0 Å². The molecule has 7 heteroatoms. The van der Waals surface area contributed by atoms with Crippen LogP contribution in [0.3, 0.4) is 0 Å². The van der Waals surface area contributed by atoms with E-state index in [1.54, 1.807) is 34.7 Å². The van der Waals surface area contributed by atoms with Gasteiger partial charge in [0.1, 0.15) is 6.54 Å². The predicted molar refractivity (Wildman–Crippen MR) is 86.6 cm³/mol. The largest absolute Gasteiger partial charge is 0.341 e. The van der Waals surface area contributed by atoms with Gasteiger partial charge in [-0.1, -0.05) is 12.1 Å². The van der Waals surface area contributed by atoms with Crippen LogP contribution in [-0.4, -0.2) is 39.2 Å². The van der Waals surface area contributed by atoms with Crippen molar-refractivity contribution in [2.75, 3.05) is 7.05 Å². The Kier molecular flexibility index (Phi) is 4.57. The van der Waals surface area contributed by atoms with Gasteiger partial charge in [0.05, 0.1) is 11.0 Å². The summed E-state index contributed by atoms with van der Waals surface area (Å²) in [7, 11) is 1.78. The lowest BCUT2D eigenvalue weighted by atomic mass is 10.2. The van der Waals surface area contributed by atoms with Gasteiger partial charge in [0.15, 0.2) is 5.16 Å². The Bertz CT molecular complexity index is 714. The number of benzene rings is 1. The number of aromatic nitrogens is 2. The van der Waals surface area contributed by atoms with E-state index in [0.29, 0.717) is 28.7 Å². The summed E-state index contributed by atoms with van der Waals surface area (Å²) in [6.07, 6.45) is 2.30. The van der Waals surface area contributed by atoms with E-state index in [1.807, 2.05) is 13.0 Å². The minimum absolute atomic E-state index is 0.0309. The molecule has 4 nitrogen and oxygen atoms in total. The van der Waals surface area contributed by atoms with Crippen molar-refractivity contribution in [3.05, 3.63) is 24.3 Å². The van der Waals surface area contributed by atoms with Crippen LogP contribution >= 0.6 is 11.8 Å². The van der Waals surface area contributed by atoms with Gasteiger partial charge in [0.2, 0.25) is 5.91 Å². The molecule has 1 unspecified atom stereocenters. The van der Waals surface area contributed by atoms with Gasteiger partial charge in [0, 0.05) is 13.1 Å². The predicted octanol–water partition coefficient (Wildman–Crippen LogP) is 3.61. The molecule has 23 heavy (non-hydrogen) atoms. The molecular weight excluding hydrogens is 320 g/mol.